The number of rotatable bonds is 11. The molecule has 1 aromatic carbocycles. The highest BCUT2D eigenvalue weighted by atomic mass is 32.1. The summed E-state index contributed by atoms with van der Waals surface area (Å²) in [5, 5.41) is 21.7. The van der Waals surface area contributed by atoms with Gasteiger partial charge in [0.05, 0.1) is 23.6 Å². The first-order valence-corrected chi connectivity index (χ1v) is 11.2. The molecule has 0 radical (unpaired) electrons. The maximum Gasteiger partial charge on any atom is 0.261 e. The molecule has 0 fully saturated rings. The van der Waals surface area contributed by atoms with Crippen LogP contribution < -0.4 is 20.7 Å². The topological polar surface area (TPSA) is 95.0 Å². The van der Waals surface area contributed by atoms with Crippen LogP contribution in [0.2, 0.25) is 0 Å². The summed E-state index contributed by atoms with van der Waals surface area (Å²) in [5.41, 5.74) is 0.768. The molecule has 30 heavy (non-hydrogen) atoms. The van der Waals surface area contributed by atoms with Gasteiger partial charge in [0, 0.05) is 19.6 Å². The van der Waals surface area contributed by atoms with Crippen molar-refractivity contribution < 1.29 is 14.6 Å². The third kappa shape index (κ3) is 8.42. The molecule has 0 aliphatic rings. The van der Waals surface area contributed by atoms with Gasteiger partial charge in [-0.05, 0) is 56.3 Å². The quantitative estimate of drug-likeness (QED) is 0.249. The fraction of sp³-hybridized carbons (Fsp3) is 0.455. The van der Waals surface area contributed by atoms with Crippen LogP contribution in [0.15, 0.2) is 46.8 Å². The van der Waals surface area contributed by atoms with Crippen LogP contribution in [0.3, 0.4) is 0 Å². The molecule has 8 heteroatoms. The third-order valence-electron chi connectivity index (χ3n) is 4.06. The smallest absolute Gasteiger partial charge is 0.261 e. The summed E-state index contributed by atoms with van der Waals surface area (Å²) in [6, 6.07) is 11.1. The number of thiophene rings is 1. The molecular weight excluding hydrogens is 400 g/mol. The number of amides is 1. The lowest BCUT2D eigenvalue weighted by atomic mass is 10.1. The van der Waals surface area contributed by atoms with Crippen molar-refractivity contribution in [2.75, 3.05) is 26.2 Å². The highest BCUT2D eigenvalue weighted by Gasteiger charge is 2.10. The lowest BCUT2D eigenvalue weighted by Crippen LogP contribution is -2.39. The zero-order valence-corrected chi connectivity index (χ0v) is 18.7. The Bertz CT molecular complexity index is 793. The minimum Gasteiger partial charge on any atom is -0.491 e. The van der Waals surface area contributed by atoms with Crippen molar-refractivity contribution >= 4 is 23.2 Å². The van der Waals surface area contributed by atoms with E-state index < -0.39 is 6.10 Å². The second kappa shape index (κ2) is 12.9. The summed E-state index contributed by atoms with van der Waals surface area (Å²) in [6.45, 7) is 8.11. The number of ether oxygens (including phenoxy) is 1. The Balaban J connectivity index is 1.78. The molecule has 0 aliphatic heterocycles. The largest absolute Gasteiger partial charge is 0.491 e. The molecule has 0 saturated heterocycles. The molecule has 0 saturated carbocycles. The van der Waals surface area contributed by atoms with E-state index in [1.807, 2.05) is 62.5 Å². The van der Waals surface area contributed by atoms with Crippen molar-refractivity contribution in [1.82, 2.24) is 16.0 Å². The van der Waals surface area contributed by atoms with Gasteiger partial charge in [0.2, 0.25) is 0 Å². The molecular formula is C22H32N4O3S. The fourth-order valence-electron chi connectivity index (χ4n) is 2.68. The van der Waals surface area contributed by atoms with Gasteiger partial charge in [-0.15, -0.1) is 11.3 Å². The van der Waals surface area contributed by atoms with E-state index in [2.05, 4.69) is 20.9 Å². The molecule has 1 aromatic heterocycles. The van der Waals surface area contributed by atoms with Gasteiger partial charge in [0.1, 0.15) is 5.75 Å². The van der Waals surface area contributed by atoms with Crippen LogP contribution in [0.4, 0.5) is 0 Å². The van der Waals surface area contributed by atoms with Crippen LogP contribution in [0.25, 0.3) is 0 Å². The molecule has 0 aliphatic carbocycles. The highest BCUT2D eigenvalue weighted by molar-refractivity contribution is 7.12. The van der Waals surface area contributed by atoms with Gasteiger partial charge in [0.15, 0.2) is 5.96 Å². The molecule has 1 unspecified atom stereocenters. The van der Waals surface area contributed by atoms with Gasteiger partial charge in [-0.3, -0.25) is 9.79 Å². The first-order valence-electron chi connectivity index (χ1n) is 10.3. The number of hydrogen-bond donors (Lipinski definition) is 4. The van der Waals surface area contributed by atoms with Crippen LogP contribution in [-0.4, -0.2) is 49.3 Å². The van der Waals surface area contributed by atoms with E-state index in [0.29, 0.717) is 19.0 Å². The number of aliphatic imine (C=N–C) groups is 1. The SMILES string of the molecule is CCNC(=NCC(O)c1cccc(OC(C)C)c1)NCCCNC(=O)c1cccs1. The van der Waals surface area contributed by atoms with Crippen molar-refractivity contribution in [3.05, 3.63) is 52.2 Å². The average molecular weight is 433 g/mol. The van der Waals surface area contributed by atoms with Gasteiger partial charge in [0.25, 0.3) is 5.91 Å². The molecule has 1 amide bonds. The minimum absolute atomic E-state index is 0.0441. The zero-order valence-electron chi connectivity index (χ0n) is 17.9. The van der Waals surface area contributed by atoms with Crippen LogP contribution >= 0.6 is 11.3 Å². The van der Waals surface area contributed by atoms with E-state index in [4.69, 9.17) is 4.74 Å². The number of aliphatic hydroxyl groups is 1. The predicted molar refractivity (Wildman–Crippen MR) is 122 cm³/mol. The van der Waals surface area contributed by atoms with Crippen molar-refractivity contribution in [2.45, 2.75) is 39.4 Å². The number of guanidine groups is 1. The molecule has 164 valence electrons. The lowest BCUT2D eigenvalue weighted by molar-refractivity contribution is 0.0957. The van der Waals surface area contributed by atoms with Gasteiger partial charge >= 0.3 is 0 Å². The van der Waals surface area contributed by atoms with E-state index in [1.165, 1.54) is 11.3 Å². The van der Waals surface area contributed by atoms with Crippen LogP contribution in [0.1, 0.15) is 48.5 Å². The van der Waals surface area contributed by atoms with Crippen LogP contribution in [0, 0.1) is 0 Å². The van der Waals surface area contributed by atoms with Gasteiger partial charge in [-0.25, -0.2) is 0 Å². The van der Waals surface area contributed by atoms with E-state index in [0.717, 1.165) is 29.2 Å². The fourth-order valence-corrected chi connectivity index (χ4v) is 3.32. The molecule has 1 atom stereocenters. The standard InChI is InChI=1S/C22H32N4O3S/c1-4-23-22(25-12-7-11-24-21(28)20-10-6-13-30-20)26-15-19(27)17-8-5-9-18(14-17)29-16(2)3/h5-6,8-10,13-14,16,19,27H,4,7,11-12,15H2,1-3H3,(H,24,28)(H2,23,25,26). The second-order valence-corrected chi connectivity index (χ2v) is 7.94. The van der Waals surface area contributed by atoms with E-state index in [-0.39, 0.29) is 18.6 Å². The summed E-state index contributed by atoms with van der Waals surface area (Å²) in [6.07, 6.45) is 0.120. The molecule has 1 heterocycles. The maximum absolute atomic E-state index is 11.9. The van der Waals surface area contributed by atoms with Crippen LogP contribution in [-0.2, 0) is 0 Å². The number of carbonyl (C=O) groups is 1. The second-order valence-electron chi connectivity index (χ2n) is 6.99. The summed E-state index contributed by atoms with van der Waals surface area (Å²) < 4.78 is 5.68. The van der Waals surface area contributed by atoms with E-state index >= 15 is 0 Å². The predicted octanol–water partition coefficient (Wildman–Crippen LogP) is 2.94. The van der Waals surface area contributed by atoms with Crippen molar-refractivity contribution in [2.24, 2.45) is 4.99 Å². The van der Waals surface area contributed by atoms with Gasteiger partial charge < -0.3 is 25.8 Å². The Morgan fingerprint density at radius 1 is 1.17 bits per heavy atom. The number of hydrogen-bond acceptors (Lipinski definition) is 5. The number of nitrogens with one attached hydrogen (secondary N) is 3. The Labute approximate surface area is 182 Å². The number of nitrogens with zero attached hydrogens (tertiary/aromatic N) is 1. The van der Waals surface area contributed by atoms with Crippen molar-refractivity contribution in [3.63, 3.8) is 0 Å². The Morgan fingerprint density at radius 2 is 1.97 bits per heavy atom. The molecule has 7 nitrogen and oxygen atoms in total. The molecule has 2 rings (SSSR count). The molecule has 0 spiro atoms. The van der Waals surface area contributed by atoms with Crippen LogP contribution in [0.5, 0.6) is 5.75 Å². The Hall–Kier alpha value is -2.58. The number of carbonyl (C=O) groups excluding carboxylic acids is 1. The number of benzene rings is 1. The van der Waals surface area contributed by atoms with Crippen molar-refractivity contribution in [1.29, 1.82) is 0 Å². The number of aliphatic hydroxyl groups excluding tert-OH is 1. The average Bonchev–Trinajstić information content (AvgIpc) is 3.26. The highest BCUT2D eigenvalue weighted by Crippen LogP contribution is 2.20. The summed E-state index contributed by atoms with van der Waals surface area (Å²) in [4.78, 5) is 17.1. The van der Waals surface area contributed by atoms with Crippen molar-refractivity contribution in [3.8, 4) is 5.75 Å². The Kier molecular flexibility index (Phi) is 10.2. The minimum atomic E-state index is -0.721. The molecule has 2 aromatic rings. The zero-order chi connectivity index (χ0) is 21.8. The van der Waals surface area contributed by atoms with Gasteiger partial charge in [-0.2, -0.15) is 0 Å². The first-order chi connectivity index (χ1) is 14.5. The lowest BCUT2D eigenvalue weighted by Gasteiger charge is -2.15. The van der Waals surface area contributed by atoms with Gasteiger partial charge in [-0.1, -0.05) is 18.2 Å². The molecule has 0 bridgehead atoms. The summed E-state index contributed by atoms with van der Waals surface area (Å²) in [7, 11) is 0. The Morgan fingerprint density at radius 3 is 2.67 bits per heavy atom. The van der Waals surface area contributed by atoms with E-state index in [9.17, 15) is 9.90 Å². The third-order valence-corrected chi connectivity index (χ3v) is 4.93. The monoisotopic (exact) mass is 432 g/mol. The first kappa shape index (κ1) is 23.7. The summed E-state index contributed by atoms with van der Waals surface area (Å²) >= 11 is 1.43. The molecule has 4 N–H and O–H groups in total. The summed E-state index contributed by atoms with van der Waals surface area (Å²) in [5.74, 6) is 1.33. The van der Waals surface area contributed by atoms with E-state index in [1.54, 1.807) is 0 Å². The maximum atomic E-state index is 11.9. The normalized spacial score (nSPS) is 12.5.